The third kappa shape index (κ3) is 15.9. The second kappa shape index (κ2) is 34.6. The molecule has 112 heavy (non-hydrogen) atoms. The SMILES string of the molecule is CCCCCCC1(c2ccc3c(c2)CC3)c2cc(C)ccc2-c2ccc(C)cc21.CCCCCCc1ccc(C2(CCCCCc3ccc4c(c3)CC4)c3cc(C)ccc3-c3ccc(C)cc32)cc1.Cc1ccc2c(c1)C(CCCCCCc1ccc3c(c1)CC3)(CCCCCCc1ccc3c(c1)CC3)c1cc(C)ccc1-2. The third-order valence-corrected chi connectivity index (χ3v) is 28.3. The van der Waals surface area contributed by atoms with Gasteiger partial charge in [0.25, 0.3) is 0 Å². The van der Waals surface area contributed by atoms with Crippen LogP contribution in [0.25, 0.3) is 33.4 Å². The molecule has 11 aromatic carbocycles. The van der Waals surface area contributed by atoms with Gasteiger partial charge in [-0.2, -0.15) is 0 Å². The van der Waals surface area contributed by atoms with Crippen LogP contribution in [0.2, 0.25) is 0 Å². The Morgan fingerprint density at radius 2 is 0.464 bits per heavy atom. The van der Waals surface area contributed by atoms with Crippen LogP contribution in [0.1, 0.15) is 306 Å². The van der Waals surface area contributed by atoms with Crippen molar-refractivity contribution in [2.75, 3.05) is 0 Å². The highest BCUT2D eigenvalue weighted by molar-refractivity contribution is 5.86. The predicted octanol–water partition coefficient (Wildman–Crippen LogP) is 29.5. The molecule has 0 heteroatoms. The Kier molecular flexibility index (Phi) is 23.9. The van der Waals surface area contributed by atoms with Crippen LogP contribution in [0.5, 0.6) is 0 Å². The highest BCUT2D eigenvalue weighted by atomic mass is 14.5. The van der Waals surface area contributed by atoms with Crippen LogP contribution in [-0.2, 0) is 93.3 Å². The van der Waals surface area contributed by atoms with Crippen molar-refractivity contribution in [3.8, 4) is 33.4 Å². The first-order valence-corrected chi connectivity index (χ1v) is 45.0. The van der Waals surface area contributed by atoms with Crippen molar-refractivity contribution < 1.29 is 0 Å². The smallest absolute Gasteiger partial charge is 0.0463 e. The van der Waals surface area contributed by atoms with Gasteiger partial charge in [-0.25, -0.2) is 0 Å². The van der Waals surface area contributed by atoms with Gasteiger partial charge in [0.15, 0.2) is 0 Å². The molecule has 576 valence electrons. The third-order valence-electron chi connectivity index (χ3n) is 28.3. The number of rotatable bonds is 32. The Morgan fingerprint density at radius 3 is 0.804 bits per heavy atom. The van der Waals surface area contributed by atoms with Gasteiger partial charge in [0.05, 0.1) is 0 Å². The van der Waals surface area contributed by atoms with Crippen LogP contribution in [0.15, 0.2) is 206 Å². The van der Waals surface area contributed by atoms with Gasteiger partial charge in [0.1, 0.15) is 0 Å². The minimum Gasteiger partial charge on any atom is -0.0654 e. The molecule has 7 aliphatic carbocycles. The maximum absolute atomic E-state index is 2.54. The topological polar surface area (TPSA) is 0 Å². The molecule has 0 fully saturated rings. The summed E-state index contributed by atoms with van der Waals surface area (Å²) in [6.07, 6.45) is 45.0. The summed E-state index contributed by atoms with van der Waals surface area (Å²) in [6.45, 7) is 18.2. The molecule has 18 rings (SSSR count). The summed E-state index contributed by atoms with van der Waals surface area (Å²) in [4.78, 5) is 0. The van der Waals surface area contributed by atoms with E-state index in [1.165, 1.54) is 336 Å². The van der Waals surface area contributed by atoms with Gasteiger partial charge >= 0.3 is 0 Å². The molecule has 7 aliphatic rings. The maximum Gasteiger partial charge on any atom is 0.0463 e. The zero-order chi connectivity index (χ0) is 76.8. The highest BCUT2D eigenvalue weighted by Gasteiger charge is 2.47. The van der Waals surface area contributed by atoms with Crippen molar-refractivity contribution in [3.05, 3.63) is 351 Å². The van der Waals surface area contributed by atoms with Crippen LogP contribution in [-0.4, -0.2) is 0 Å². The zero-order valence-electron chi connectivity index (χ0n) is 69.9. The first-order valence-electron chi connectivity index (χ1n) is 45.0. The largest absolute Gasteiger partial charge is 0.0654 e. The summed E-state index contributed by atoms with van der Waals surface area (Å²) in [6, 6.07) is 82.1. The summed E-state index contributed by atoms with van der Waals surface area (Å²) < 4.78 is 0. The van der Waals surface area contributed by atoms with E-state index in [2.05, 4.69) is 262 Å². The highest BCUT2D eigenvalue weighted by Crippen LogP contribution is 2.59. The maximum atomic E-state index is 2.54. The van der Waals surface area contributed by atoms with Gasteiger partial charge in [-0.1, -0.05) is 350 Å². The Balaban J connectivity index is 0.000000129. The molecule has 0 bridgehead atoms. The number of unbranched alkanes of at least 4 members (excludes halogenated alkanes) is 14. The minimum absolute atomic E-state index is 0.00106. The van der Waals surface area contributed by atoms with Crippen LogP contribution in [0.3, 0.4) is 0 Å². The van der Waals surface area contributed by atoms with Crippen LogP contribution < -0.4 is 0 Å². The van der Waals surface area contributed by atoms with Crippen molar-refractivity contribution in [2.45, 2.75) is 296 Å². The van der Waals surface area contributed by atoms with Crippen molar-refractivity contribution in [1.82, 2.24) is 0 Å². The first kappa shape index (κ1) is 77.4. The molecule has 11 aromatic rings. The van der Waals surface area contributed by atoms with E-state index in [0.717, 1.165) is 0 Å². The molecule has 0 aromatic heterocycles. The lowest BCUT2D eigenvalue weighted by atomic mass is 9.67. The zero-order valence-corrected chi connectivity index (χ0v) is 69.9. The van der Waals surface area contributed by atoms with E-state index in [4.69, 9.17) is 0 Å². The number of hydrogen-bond donors (Lipinski definition) is 0. The molecule has 0 radical (unpaired) electrons. The lowest BCUT2D eigenvalue weighted by Gasteiger charge is -2.35. The molecule has 0 saturated heterocycles. The molecule has 0 heterocycles. The van der Waals surface area contributed by atoms with Gasteiger partial charge in [-0.3, -0.25) is 0 Å². The molecular formula is C112H128. The van der Waals surface area contributed by atoms with Crippen LogP contribution in [0, 0.1) is 41.5 Å². The second-order valence-electron chi connectivity index (χ2n) is 36.2. The standard InChI is InChI=1S/C43H50.C40H46.C29H32/c1-31-13-23-39-40-24-14-32(2)28-42(40)43(41(39)27-31,25-9-5-3-7-11-33-15-17-35-19-21-37(35)29-33)26-10-6-4-8-12-34-16-18-36-20-22-38(36)30-34;1-4-5-6-8-11-31-16-21-35(22-17-31)40(25-10-7-9-12-32-15-18-33-19-20-34(33)28-32)38-26-29(2)13-23-36(38)37-24-14-30(3)27-39(37)40;1-4-5-6-7-16-29(24-13-12-22-10-11-23(22)19-24)27-17-20(2)8-14-25(27)26-15-9-21(3)18-28(26)29/h13-18,23-24,27-30H,3-12,19-22,25-26H2,1-2H3;13-18,21-24,26-28H,4-12,19-20,25H2,1-3H3;8-9,12-15,17-19H,4-7,10-11,16H2,1-3H3. The molecule has 0 aliphatic heterocycles. The summed E-state index contributed by atoms with van der Waals surface area (Å²) in [5, 5.41) is 0. The Morgan fingerprint density at radius 1 is 0.205 bits per heavy atom. The molecule has 0 atom stereocenters. The van der Waals surface area contributed by atoms with Gasteiger partial charge in [-0.05, 0) is 315 Å². The van der Waals surface area contributed by atoms with E-state index in [1.54, 1.807) is 66.8 Å². The predicted molar refractivity (Wildman–Crippen MR) is 479 cm³/mol. The fourth-order valence-corrected chi connectivity index (χ4v) is 21.4. The van der Waals surface area contributed by atoms with E-state index in [9.17, 15) is 0 Å². The molecular weight excluding hydrogens is 1350 g/mol. The monoisotopic (exact) mass is 1470 g/mol. The first-order chi connectivity index (χ1) is 54.8. The van der Waals surface area contributed by atoms with Crippen molar-refractivity contribution in [1.29, 1.82) is 0 Å². The number of benzene rings is 11. The minimum atomic E-state index is -0.0703. The van der Waals surface area contributed by atoms with Gasteiger partial charge < -0.3 is 0 Å². The number of fused-ring (bicyclic) bond motifs is 13. The summed E-state index contributed by atoms with van der Waals surface area (Å²) >= 11 is 0. The van der Waals surface area contributed by atoms with Crippen LogP contribution >= 0.6 is 0 Å². The lowest BCUT2D eigenvalue weighted by Crippen LogP contribution is -2.28. The average molecular weight is 1470 g/mol. The molecule has 0 saturated carbocycles. The number of aryl methyl sites for hydroxylation is 18. The van der Waals surface area contributed by atoms with Gasteiger partial charge in [0, 0.05) is 16.2 Å². The lowest BCUT2D eigenvalue weighted by molar-refractivity contribution is 0.399. The Hall–Kier alpha value is -8.58. The Bertz CT molecular complexity index is 4930. The average Bonchev–Trinajstić information content (AvgIpc) is 1.54. The molecule has 0 amide bonds. The van der Waals surface area contributed by atoms with E-state index < -0.39 is 0 Å². The fourth-order valence-electron chi connectivity index (χ4n) is 21.4. The molecule has 0 N–H and O–H groups in total. The summed E-state index contributed by atoms with van der Waals surface area (Å²) in [5.41, 5.74) is 48.3. The van der Waals surface area contributed by atoms with Gasteiger partial charge in [-0.15, -0.1) is 0 Å². The van der Waals surface area contributed by atoms with E-state index in [1.807, 2.05) is 0 Å². The quantitative estimate of drug-likeness (QED) is 0.0369. The van der Waals surface area contributed by atoms with Crippen molar-refractivity contribution in [2.24, 2.45) is 0 Å². The molecule has 0 spiro atoms. The van der Waals surface area contributed by atoms with Gasteiger partial charge in [0.2, 0.25) is 0 Å². The molecule has 0 unspecified atom stereocenters. The molecule has 0 nitrogen and oxygen atoms in total. The summed E-state index contributed by atoms with van der Waals surface area (Å²) in [7, 11) is 0. The van der Waals surface area contributed by atoms with E-state index >= 15 is 0 Å². The summed E-state index contributed by atoms with van der Waals surface area (Å²) in [5.74, 6) is 0. The Labute approximate surface area is 676 Å². The van der Waals surface area contributed by atoms with Crippen molar-refractivity contribution >= 4 is 0 Å². The van der Waals surface area contributed by atoms with E-state index in [0.29, 0.717) is 0 Å². The van der Waals surface area contributed by atoms with Crippen LogP contribution in [0.4, 0.5) is 0 Å². The second-order valence-corrected chi connectivity index (χ2v) is 36.2. The number of hydrogen-bond acceptors (Lipinski definition) is 0. The van der Waals surface area contributed by atoms with E-state index in [-0.39, 0.29) is 16.2 Å². The van der Waals surface area contributed by atoms with Crippen molar-refractivity contribution in [3.63, 3.8) is 0 Å². The normalized spacial score (nSPS) is 15.0. The fraction of sp³-hybridized carbons (Fsp3) is 0.411.